The van der Waals surface area contributed by atoms with Gasteiger partial charge in [-0.2, -0.15) is 16.5 Å². The van der Waals surface area contributed by atoms with E-state index in [9.17, 15) is 17.6 Å². The third-order valence-electron chi connectivity index (χ3n) is 5.09. The average molecular weight is 467 g/mol. The first-order chi connectivity index (χ1) is 14.9. The highest BCUT2D eigenvalue weighted by Crippen LogP contribution is 2.25. The molecular weight excluding hydrogens is 439 g/mol. The first kappa shape index (κ1) is 23.6. The molecule has 1 unspecified atom stereocenters. The Kier molecular flexibility index (Phi) is 8.34. The van der Waals surface area contributed by atoms with Gasteiger partial charge in [-0.3, -0.25) is 4.79 Å². The lowest BCUT2D eigenvalue weighted by atomic mass is 10.1. The quantitative estimate of drug-likeness (QED) is 0.498. The molecule has 0 heterocycles. The van der Waals surface area contributed by atoms with Crippen LogP contribution < -0.4 is 14.8 Å². The van der Waals surface area contributed by atoms with E-state index >= 15 is 0 Å². The van der Waals surface area contributed by atoms with Gasteiger partial charge in [0.1, 0.15) is 29.1 Å². The zero-order chi connectivity index (χ0) is 22.3. The lowest BCUT2D eigenvalue weighted by Gasteiger charge is -2.18. The average Bonchev–Trinajstić information content (AvgIpc) is 3.22. The van der Waals surface area contributed by atoms with Crippen LogP contribution in [0.2, 0.25) is 0 Å². The van der Waals surface area contributed by atoms with Gasteiger partial charge in [0.05, 0.1) is 6.54 Å². The summed E-state index contributed by atoms with van der Waals surface area (Å²) < 4.78 is 47.2. The zero-order valence-corrected chi connectivity index (χ0v) is 19.0. The molecule has 0 saturated heterocycles. The van der Waals surface area contributed by atoms with Gasteiger partial charge in [0.25, 0.3) is 0 Å². The van der Waals surface area contributed by atoms with Gasteiger partial charge in [-0.05, 0) is 73.1 Å². The summed E-state index contributed by atoms with van der Waals surface area (Å²) in [5, 5.41) is 2.71. The van der Waals surface area contributed by atoms with Crippen LogP contribution in [-0.2, 0) is 27.7 Å². The topological polar surface area (TPSA) is 84.5 Å². The highest BCUT2D eigenvalue weighted by Gasteiger charge is 2.27. The third kappa shape index (κ3) is 6.44. The molecule has 0 spiro atoms. The summed E-state index contributed by atoms with van der Waals surface area (Å²) >= 11 is 1.49. The molecule has 0 bridgehead atoms. The number of nitrogens with one attached hydrogen (secondary N) is 2. The molecule has 2 aromatic rings. The summed E-state index contributed by atoms with van der Waals surface area (Å²) in [5.41, 5.74) is 2.67. The van der Waals surface area contributed by atoms with E-state index in [1.165, 1.54) is 41.1 Å². The SMILES string of the molecule is CSCCC(NS(=O)(=O)c1ccccc1F)C(=O)NCCOc1ccc2c(c1)CCC2. The van der Waals surface area contributed by atoms with E-state index in [1.54, 1.807) is 0 Å². The van der Waals surface area contributed by atoms with Crippen molar-refractivity contribution in [2.45, 2.75) is 36.6 Å². The van der Waals surface area contributed by atoms with Gasteiger partial charge < -0.3 is 10.1 Å². The number of benzene rings is 2. The minimum atomic E-state index is -4.17. The maximum absolute atomic E-state index is 13.9. The van der Waals surface area contributed by atoms with E-state index in [-0.39, 0.29) is 19.6 Å². The Hall–Kier alpha value is -2.10. The van der Waals surface area contributed by atoms with Gasteiger partial charge >= 0.3 is 0 Å². The van der Waals surface area contributed by atoms with E-state index in [0.717, 1.165) is 31.1 Å². The summed E-state index contributed by atoms with van der Waals surface area (Å²) in [6.07, 6.45) is 5.47. The number of hydrogen-bond acceptors (Lipinski definition) is 5. The largest absolute Gasteiger partial charge is 0.492 e. The van der Waals surface area contributed by atoms with Gasteiger partial charge in [-0.25, -0.2) is 12.8 Å². The normalized spacial score (nSPS) is 14.1. The molecule has 2 aromatic carbocycles. The van der Waals surface area contributed by atoms with Crippen molar-refractivity contribution in [1.82, 2.24) is 10.0 Å². The lowest BCUT2D eigenvalue weighted by Crippen LogP contribution is -2.47. The molecule has 1 aliphatic rings. The van der Waals surface area contributed by atoms with E-state index in [1.807, 2.05) is 18.4 Å². The number of fused-ring (bicyclic) bond motifs is 1. The second-order valence-corrected chi connectivity index (χ2v) is 9.98. The molecular formula is C22H27FN2O4S2. The standard InChI is InChI=1S/C22H27FN2O4S2/c1-30-14-11-20(25-31(27,28)21-8-3-2-7-19(21)23)22(26)24-12-13-29-18-10-9-16-5-4-6-17(16)15-18/h2-3,7-10,15,20,25H,4-6,11-14H2,1H3,(H,24,26). The van der Waals surface area contributed by atoms with Crippen molar-refractivity contribution in [1.29, 1.82) is 0 Å². The first-order valence-corrected chi connectivity index (χ1v) is 13.1. The Morgan fingerprint density at radius 3 is 2.74 bits per heavy atom. The molecule has 3 rings (SSSR count). The number of hydrogen-bond donors (Lipinski definition) is 2. The van der Waals surface area contributed by atoms with Gasteiger partial charge in [0.2, 0.25) is 15.9 Å². The minimum absolute atomic E-state index is 0.229. The summed E-state index contributed by atoms with van der Waals surface area (Å²) in [4.78, 5) is 12.1. The van der Waals surface area contributed by atoms with Gasteiger partial charge in [0, 0.05) is 0 Å². The molecule has 6 nitrogen and oxygen atoms in total. The Morgan fingerprint density at radius 1 is 1.19 bits per heavy atom. The van der Waals surface area contributed by atoms with Crippen LogP contribution in [0.4, 0.5) is 4.39 Å². The number of sulfonamides is 1. The fraction of sp³-hybridized carbons (Fsp3) is 0.409. The Labute approximate surface area is 187 Å². The van der Waals surface area contributed by atoms with Gasteiger partial charge in [-0.15, -0.1) is 0 Å². The highest BCUT2D eigenvalue weighted by molar-refractivity contribution is 7.98. The number of thioether (sulfide) groups is 1. The molecule has 1 aliphatic carbocycles. The number of aryl methyl sites for hydroxylation is 2. The Bertz CT molecular complexity index is 1010. The van der Waals surface area contributed by atoms with Crippen LogP contribution in [0.3, 0.4) is 0 Å². The lowest BCUT2D eigenvalue weighted by molar-refractivity contribution is -0.122. The molecule has 1 amide bonds. The van der Waals surface area contributed by atoms with Crippen LogP contribution in [0, 0.1) is 5.82 Å². The number of halogens is 1. The van der Waals surface area contributed by atoms with Crippen molar-refractivity contribution in [2.24, 2.45) is 0 Å². The maximum atomic E-state index is 13.9. The molecule has 0 fully saturated rings. The van der Waals surface area contributed by atoms with Crippen LogP contribution in [0.5, 0.6) is 5.75 Å². The molecule has 1 atom stereocenters. The van der Waals surface area contributed by atoms with E-state index < -0.39 is 32.7 Å². The third-order valence-corrected chi connectivity index (χ3v) is 7.24. The predicted octanol–water partition coefficient (Wildman–Crippen LogP) is 2.91. The first-order valence-electron chi connectivity index (χ1n) is 10.2. The van der Waals surface area contributed by atoms with Crippen molar-refractivity contribution < 1.29 is 22.3 Å². The van der Waals surface area contributed by atoms with E-state index in [0.29, 0.717) is 5.75 Å². The molecule has 31 heavy (non-hydrogen) atoms. The highest BCUT2D eigenvalue weighted by atomic mass is 32.2. The minimum Gasteiger partial charge on any atom is -0.492 e. The summed E-state index contributed by atoms with van der Waals surface area (Å²) in [6, 6.07) is 10.1. The zero-order valence-electron chi connectivity index (χ0n) is 17.4. The number of ether oxygens (including phenoxy) is 1. The van der Waals surface area contributed by atoms with Crippen molar-refractivity contribution in [2.75, 3.05) is 25.2 Å². The summed E-state index contributed by atoms with van der Waals surface area (Å²) in [7, 11) is -4.17. The molecule has 9 heteroatoms. The molecule has 2 N–H and O–H groups in total. The summed E-state index contributed by atoms with van der Waals surface area (Å²) in [5.74, 6) is 0.00568. The van der Waals surface area contributed by atoms with Crippen LogP contribution >= 0.6 is 11.8 Å². The van der Waals surface area contributed by atoms with Gasteiger partial charge in [-0.1, -0.05) is 18.2 Å². The molecule has 0 aromatic heterocycles. The van der Waals surface area contributed by atoms with Gasteiger partial charge in [0.15, 0.2) is 0 Å². The molecule has 0 saturated carbocycles. The van der Waals surface area contributed by atoms with Crippen LogP contribution in [0.15, 0.2) is 47.4 Å². The maximum Gasteiger partial charge on any atom is 0.244 e. The van der Waals surface area contributed by atoms with Crippen LogP contribution in [0.25, 0.3) is 0 Å². The van der Waals surface area contributed by atoms with E-state index in [4.69, 9.17) is 4.74 Å². The second-order valence-electron chi connectivity index (χ2n) is 7.31. The fourth-order valence-corrected chi connectivity index (χ4v) is 5.28. The van der Waals surface area contributed by atoms with Crippen molar-refractivity contribution >= 4 is 27.7 Å². The monoisotopic (exact) mass is 466 g/mol. The summed E-state index contributed by atoms with van der Waals surface area (Å²) in [6.45, 7) is 0.493. The second kappa shape index (κ2) is 11.0. The Balaban J connectivity index is 1.55. The number of amides is 1. The number of rotatable bonds is 11. The number of carbonyl (C=O) groups is 1. The van der Waals surface area contributed by atoms with Crippen LogP contribution in [0.1, 0.15) is 24.0 Å². The molecule has 0 radical (unpaired) electrons. The van der Waals surface area contributed by atoms with Crippen LogP contribution in [-0.4, -0.2) is 45.5 Å². The predicted molar refractivity (Wildman–Crippen MR) is 120 cm³/mol. The number of carbonyl (C=O) groups excluding carboxylic acids is 1. The smallest absolute Gasteiger partial charge is 0.244 e. The fourth-order valence-electron chi connectivity index (χ4n) is 3.50. The van der Waals surface area contributed by atoms with Crippen molar-refractivity contribution in [3.05, 3.63) is 59.4 Å². The van der Waals surface area contributed by atoms with E-state index in [2.05, 4.69) is 16.1 Å². The molecule has 168 valence electrons. The Morgan fingerprint density at radius 2 is 1.97 bits per heavy atom. The van der Waals surface area contributed by atoms with Crippen molar-refractivity contribution in [3.8, 4) is 5.75 Å². The van der Waals surface area contributed by atoms with Crippen molar-refractivity contribution in [3.63, 3.8) is 0 Å². The molecule has 0 aliphatic heterocycles.